The zero-order valence-corrected chi connectivity index (χ0v) is 19.1. The fourth-order valence-electron chi connectivity index (χ4n) is 2.11. The molecule has 0 aliphatic rings. The summed E-state index contributed by atoms with van der Waals surface area (Å²) >= 11 is 0. The van der Waals surface area contributed by atoms with Crippen LogP contribution in [0, 0.1) is 0 Å². The maximum absolute atomic E-state index is 5.43. The van der Waals surface area contributed by atoms with Crippen molar-refractivity contribution in [3.8, 4) is 0 Å². The Morgan fingerprint density at radius 1 is 0.567 bits per heavy atom. The molecule has 30 heavy (non-hydrogen) atoms. The lowest BCUT2D eigenvalue weighted by atomic mass is 10.4. The van der Waals surface area contributed by atoms with Crippen molar-refractivity contribution >= 4 is 0 Å². The van der Waals surface area contributed by atoms with Crippen LogP contribution >= 0.6 is 0 Å². The number of nitrogens with zero attached hydrogens (tertiary/aromatic N) is 1. The summed E-state index contributed by atoms with van der Waals surface area (Å²) in [5.41, 5.74) is 0. The van der Waals surface area contributed by atoms with E-state index in [1.54, 1.807) is 49.8 Å². The molecule has 0 aromatic heterocycles. The van der Waals surface area contributed by atoms with Crippen molar-refractivity contribution in [3.63, 3.8) is 0 Å². The molecule has 0 aliphatic heterocycles. The van der Waals surface area contributed by atoms with Crippen LogP contribution in [-0.2, 0) is 37.9 Å². The predicted molar refractivity (Wildman–Crippen MR) is 121 cm³/mol. The molecule has 9 nitrogen and oxygen atoms in total. The Kier molecular flexibility index (Phi) is 35.3. The van der Waals surface area contributed by atoms with E-state index in [1.165, 1.54) is 0 Å². The first kappa shape index (κ1) is 37.0. The fourth-order valence-corrected chi connectivity index (χ4v) is 2.11. The van der Waals surface area contributed by atoms with Gasteiger partial charge < -0.3 is 37.9 Å². The van der Waals surface area contributed by atoms with Crippen molar-refractivity contribution in [2.24, 2.45) is 0 Å². The predicted octanol–water partition coefficient (Wildman–Crippen LogP) is 2.17. The maximum Gasteiger partial charge on any atom is 0.107 e. The van der Waals surface area contributed by atoms with Crippen LogP contribution < -0.4 is 0 Å². The molecule has 0 radical (unpaired) electrons. The number of hydrogen-bond acceptors (Lipinski definition) is 9. The molecule has 0 spiro atoms. The summed E-state index contributed by atoms with van der Waals surface area (Å²) in [5.74, 6) is 0. The summed E-state index contributed by atoms with van der Waals surface area (Å²) in [5, 5.41) is 0. The monoisotopic (exact) mass is 445 g/mol. The second-order valence-electron chi connectivity index (χ2n) is 6.02. The van der Waals surface area contributed by atoms with Crippen molar-refractivity contribution in [3.05, 3.63) is 0 Å². The van der Waals surface area contributed by atoms with E-state index in [2.05, 4.69) is 4.90 Å². The molecule has 0 aromatic rings. The molecule has 9 heteroatoms. The lowest BCUT2D eigenvalue weighted by molar-refractivity contribution is -0.0690. The largest absolute Gasteiger partial charge is 0.383 e. The second-order valence-corrected chi connectivity index (χ2v) is 6.02. The number of methoxy groups -OCH3 is 7. The highest BCUT2D eigenvalue weighted by atomic mass is 16.6. The van der Waals surface area contributed by atoms with Gasteiger partial charge in [0, 0.05) is 62.9 Å². The van der Waals surface area contributed by atoms with Crippen molar-refractivity contribution in [2.75, 3.05) is 102 Å². The van der Waals surface area contributed by atoms with Crippen molar-refractivity contribution in [1.29, 1.82) is 0 Å². The molecule has 0 aliphatic carbocycles. The average molecular weight is 446 g/mol. The van der Waals surface area contributed by atoms with E-state index in [4.69, 9.17) is 37.9 Å². The standard InChI is InChI=1S/C10H22O5.C9H21NO3.2CH4/c1-11-5-9(13-3)7-15-8-10(14-4)6-12-2;1-9(13-4)10(5-7-11-2)6-8-12-3;;/h9-10H,5-8H2,1-4H3;9H,5-8H2,1-4H3;2*1H4. The van der Waals surface area contributed by atoms with Gasteiger partial charge in [-0.1, -0.05) is 14.9 Å². The number of ether oxygens (including phenoxy) is 8. The van der Waals surface area contributed by atoms with Gasteiger partial charge in [-0.05, 0) is 6.92 Å². The van der Waals surface area contributed by atoms with Crippen molar-refractivity contribution in [1.82, 2.24) is 4.90 Å². The van der Waals surface area contributed by atoms with E-state index >= 15 is 0 Å². The zero-order chi connectivity index (χ0) is 21.6. The smallest absolute Gasteiger partial charge is 0.107 e. The van der Waals surface area contributed by atoms with Crippen LogP contribution in [0.2, 0.25) is 0 Å². The van der Waals surface area contributed by atoms with Gasteiger partial charge in [0.25, 0.3) is 0 Å². The third-order valence-electron chi connectivity index (χ3n) is 4.00. The lowest BCUT2D eigenvalue weighted by Crippen LogP contribution is -2.39. The minimum atomic E-state index is -0.0324. The lowest BCUT2D eigenvalue weighted by Gasteiger charge is -2.27. The van der Waals surface area contributed by atoms with Crippen molar-refractivity contribution in [2.45, 2.75) is 40.2 Å². The van der Waals surface area contributed by atoms with Crippen LogP contribution in [0.5, 0.6) is 0 Å². The van der Waals surface area contributed by atoms with Gasteiger partial charge in [-0.15, -0.1) is 0 Å². The van der Waals surface area contributed by atoms with Crippen LogP contribution in [0.1, 0.15) is 21.8 Å². The molecule has 0 fully saturated rings. The molecule has 0 aromatic carbocycles. The minimum absolute atomic E-state index is 0. The number of rotatable bonds is 18. The Morgan fingerprint density at radius 3 is 1.23 bits per heavy atom. The van der Waals surface area contributed by atoms with Gasteiger partial charge in [-0.25, -0.2) is 0 Å². The second kappa shape index (κ2) is 28.6. The molecule has 0 saturated heterocycles. The van der Waals surface area contributed by atoms with Gasteiger partial charge in [0.05, 0.1) is 39.6 Å². The van der Waals surface area contributed by atoms with E-state index in [1.807, 2.05) is 6.92 Å². The van der Waals surface area contributed by atoms with Crippen molar-refractivity contribution < 1.29 is 37.9 Å². The molecular formula is C21H51NO8. The summed E-state index contributed by atoms with van der Waals surface area (Å²) in [7, 11) is 11.6. The van der Waals surface area contributed by atoms with Crippen LogP contribution in [0.3, 0.4) is 0 Å². The Hall–Kier alpha value is -0.360. The van der Waals surface area contributed by atoms with Gasteiger partial charge in [0.2, 0.25) is 0 Å². The third-order valence-corrected chi connectivity index (χ3v) is 4.00. The molecule has 0 N–H and O–H groups in total. The Bertz CT molecular complexity index is 278. The molecule has 3 unspecified atom stereocenters. The minimum Gasteiger partial charge on any atom is -0.383 e. The Morgan fingerprint density at radius 2 is 0.967 bits per heavy atom. The van der Waals surface area contributed by atoms with Crippen LogP contribution in [-0.4, -0.2) is 126 Å². The van der Waals surface area contributed by atoms with E-state index in [9.17, 15) is 0 Å². The molecule has 0 saturated carbocycles. The van der Waals surface area contributed by atoms with Crippen LogP contribution in [0.25, 0.3) is 0 Å². The molecule has 0 bridgehead atoms. The van der Waals surface area contributed by atoms with Gasteiger partial charge >= 0.3 is 0 Å². The van der Waals surface area contributed by atoms with Crippen LogP contribution in [0.4, 0.5) is 0 Å². The average Bonchev–Trinajstić information content (AvgIpc) is 2.72. The highest BCUT2D eigenvalue weighted by Gasteiger charge is 2.12. The summed E-state index contributed by atoms with van der Waals surface area (Å²) in [6.45, 7) is 7.24. The quantitative estimate of drug-likeness (QED) is 0.295. The van der Waals surface area contributed by atoms with Gasteiger partial charge in [0.15, 0.2) is 0 Å². The van der Waals surface area contributed by atoms with Crippen LogP contribution in [0.15, 0.2) is 0 Å². The molecule has 0 rings (SSSR count). The summed E-state index contributed by atoms with van der Waals surface area (Å²) in [6.07, 6.45) is 0.0513. The molecule has 0 heterocycles. The highest BCUT2D eigenvalue weighted by molar-refractivity contribution is 4.59. The third kappa shape index (κ3) is 22.3. The Balaban J connectivity index is -0.000000213. The molecule has 0 amide bonds. The number of hydrogen-bond donors (Lipinski definition) is 0. The first-order chi connectivity index (χ1) is 13.5. The van der Waals surface area contributed by atoms with Gasteiger partial charge in [-0.2, -0.15) is 0 Å². The SMILES string of the molecule is C.C.COCC(COCC(COC)OC)OC.COCCN(CCOC)C(C)OC. The molecule has 188 valence electrons. The normalized spacial score (nSPS) is 13.5. The van der Waals surface area contributed by atoms with E-state index in [-0.39, 0.29) is 33.3 Å². The zero-order valence-electron chi connectivity index (χ0n) is 19.1. The maximum atomic E-state index is 5.43. The first-order valence-corrected chi connectivity index (χ1v) is 9.40. The van der Waals surface area contributed by atoms with E-state index in [0.717, 1.165) is 26.3 Å². The Labute approximate surface area is 186 Å². The topological polar surface area (TPSA) is 77.1 Å². The summed E-state index contributed by atoms with van der Waals surface area (Å²) in [4.78, 5) is 2.17. The first-order valence-electron chi connectivity index (χ1n) is 9.40. The molecule has 3 atom stereocenters. The van der Waals surface area contributed by atoms with E-state index < -0.39 is 0 Å². The fraction of sp³-hybridized carbons (Fsp3) is 1.00. The van der Waals surface area contributed by atoms with E-state index in [0.29, 0.717) is 26.4 Å². The summed E-state index contributed by atoms with van der Waals surface area (Å²) in [6, 6.07) is 0. The molecular weight excluding hydrogens is 394 g/mol. The van der Waals surface area contributed by atoms with Gasteiger partial charge in [0.1, 0.15) is 18.4 Å². The highest BCUT2D eigenvalue weighted by Crippen LogP contribution is 1.99. The van der Waals surface area contributed by atoms with Gasteiger partial charge in [-0.3, -0.25) is 4.90 Å². The summed E-state index contributed by atoms with van der Waals surface area (Å²) < 4.78 is 40.9.